The molecule has 116 heavy (non-hydrogen) atoms. The van der Waals surface area contributed by atoms with Crippen molar-refractivity contribution in [2.75, 3.05) is 104 Å². The number of rotatable bonds is 34. The molecule has 1 aromatic carbocycles. The van der Waals surface area contributed by atoms with Crippen LogP contribution in [0.2, 0.25) is 0 Å². The molecule has 1 saturated carbocycles. The highest BCUT2D eigenvalue weighted by molar-refractivity contribution is 6.39. The Hall–Kier alpha value is -8.16. The number of aliphatic hydroxyl groups excluding tert-OH is 3. The van der Waals surface area contributed by atoms with Gasteiger partial charge >= 0.3 is 5.97 Å². The third-order valence-corrected chi connectivity index (χ3v) is 22.2. The van der Waals surface area contributed by atoms with Gasteiger partial charge in [0.25, 0.3) is 17.7 Å². The fourth-order valence-electron chi connectivity index (χ4n) is 15.3. The molecule has 4 aromatic heterocycles. The molecule has 3 fully saturated rings. The van der Waals surface area contributed by atoms with E-state index in [1.54, 1.807) is 43.3 Å². The number of unbranched alkanes of at least 4 members (excludes halogenated alkanes) is 2. The van der Waals surface area contributed by atoms with E-state index in [1.807, 2.05) is 62.6 Å². The van der Waals surface area contributed by atoms with Crippen LogP contribution in [0.1, 0.15) is 156 Å². The summed E-state index contributed by atoms with van der Waals surface area (Å²) in [5, 5.41) is 63.0. The zero-order valence-corrected chi connectivity index (χ0v) is 68.3. The number of aliphatic hydroxyl groups is 4. The van der Waals surface area contributed by atoms with Gasteiger partial charge in [-0.25, -0.2) is 24.1 Å². The number of ketones is 3. The fourth-order valence-corrected chi connectivity index (χ4v) is 15.3. The largest absolute Gasteiger partial charge is 0.459 e. The van der Waals surface area contributed by atoms with Crippen LogP contribution >= 0.6 is 0 Å². The van der Waals surface area contributed by atoms with Crippen molar-refractivity contribution in [1.82, 2.24) is 49.9 Å². The summed E-state index contributed by atoms with van der Waals surface area (Å²) in [5.41, 5.74) is 24.0. The number of ether oxygens (including phenoxy) is 9. The Labute approximate surface area is 678 Å². The molecule has 2 amide bonds. The van der Waals surface area contributed by atoms with Gasteiger partial charge in [-0.3, -0.25) is 24.0 Å². The lowest BCUT2D eigenvalue weighted by Gasteiger charge is -2.42. The second-order valence-electron chi connectivity index (χ2n) is 31.3. The number of methoxy groups -OCH3 is 1. The third kappa shape index (κ3) is 26.9. The number of hydrogen-bond acceptors (Lipinski definition) is 29. The average molecular weight is 1620 g/mol. The quantitative estimate of drug-likeness (QED) is 0.00957. The Bertz CT molecular complexity index is 4110. The minimum atomic E-state index is -2.50. The predicted octanol–water partition coefficient (Wildman–Crippen LogP) is 6.38. The Balaban J connectivity index is 0.626. The number of amides is 2. The number of aromatic nitrogens is 8. The van der Waals surface area contributed by atoms with Gasteiger partial charge < -0.3 is 94.9 Å². The van der Waals surface area contributed by atoms with Crippen LogP contribution in [0.3, 0.4) is 0 Å². The van der Waals surface area contributed by atoms with E-state index in [4.69, 9.17) is 69.3 Å². The number of nitrogens with zero attached hydrogens (tertiary/aromatic N) is 9. The number of nitrogens with two attached hydrogens (primary N) is 3. The van der Waals surface area contributed by atoms with Crippen LogP contribution in [0, 0.1) is 29.6 Å². The second kappa shape index (κ2) is 46.3. The van der Waals surface area contributed by atoms with Gasteiger partial charge in [0, 0.05) is 88.2 Å². The summed E-state index contributed by atoms with van der Waals surface area (Å²) in [6.45, 7) is 16.1. The number of esters is 1. The maximum Gasteiger partial charge on any atom is 0.329 e. The lowest BCUT2D eigenvalue weighted by molar-refractivity contribution is -0.265. The lowest BCUT2D eigenvalue weighted by Crippen LogP contribution is -2.61. The van der Waals surface area contributed by atoms with Crippen molar-refractivity contribution < 1.29 is 96.2 Å². The number of anilines is 2. The van der Waals surface area contributed by atoms with Crippen LogP contribution in [0.15, 0.2) is 82.7 Å². The molecule has 0 spiro atoms. The van der Waals surface area contributed by atoms with Gasteiger partial charge in [-0.2, -0.15) is 10.1 Å². The number of piperidine rings is 1. The summed E-state index contributed by atoms with van der Waals surface area (Å²) in [4.78, 5) is 97.7. The number of cyclic esters (lactones) is 1. The number of nitrogens with one attached hydrogen (secondary N) is 1. The van der Waals surface area contributed by atoms with Crippen molar-refractivity contribution in [2.24, 2.45) is 35.3 Å². The standard InChI is InChI=1S/C83H123N13O20/c1-52-17-9-8-10-18-53(2)69(107-7)48-61-24-21-57(6)83(106,116-61)77(103)80(104)95-29-14-11-20-64(95)81(105)114-70(49-65(97)54(3)44-56(5)75(101)76(102)74(100)55(4)43-52)62(84)45-58-22-25-68(66(98)46-58)113-32-16-12-19-60-50-94(93-91-60)31-34-109-36-38-111-40-42-112-41-39-110-37-35-108-33-27-71(99)87-28-13-15-30-96-79-72(78(85)88-51-89-79)73(92-96)59-23-26-67-63(47-59)90-82(86)115-67/h8-10,17-18,23,26,44,47,50-52,54-55,57-58,61-62,64,66,68-70,75-76,98,101-102,106H,11-16,19-22,24-25,27-43,45-46,48-49,84H2,1-7H3,(H2,86,90)(H,87,99)(H2,85,88,89)/b10-8+,17-9+,53-18+,56-44+/t52-,54-,55-,57-,58+,61+,62-,64+,66-,68-,69+,70+,75-,76+,83-/m1/s1. The summed E-state index contributed by atoms with van der Waals surface area (Å²) in [6, 6.07) is 3.35. The number of carbonyl (C=O) groups excluding carboxylic acids is 6. The van der Waals surface area contributed by atoms with E-state index in [9.17, 15) is 49.2 Å². The molecule has 3 aliphatic heterocycles. The first-order valence-electron chi connectivity index (χ1n) is 41.2. The number of nitrogen functional groups attached to an aromatic ring is 2. The molecular formula is C83H123N13O20. The molecular weight excluding hydrogens is 1500 g/mol. The highest BCUT2D eigenvalue weighted by Crippen LogP contribution is 2.38. The highest BCUT2D eigenvalue weighted by Gasteiger charge is 2.53. The van der Waals surface area contributed by atoms with E-state index in [0.717, 1.165) is 41.0 Å². The van der Waals surface area contributed by atoms with Crippen LogP contribution in [0.5, 0.6) is 0 Å². The maximum atomic E-state index is 14.6. The molecule has 0 unspecified atom stereocenters. The molecule has 7 heterocycles. The van der Waals surface area contributed by atoms with Crippen LogP contribution < -0.4 is 22.5 Å². The van der Waals surface area contributed by atoms with Crippen molar-refractivity contribution in [1.29, 1.82) is 0 Å². The Morgan fingerprint density at radius 1 is 0.784 bits per heavy atom. The maximum absolute atomic E-state index is 14.6. The van der Waals surface area contributed by atoms with Gasteiger partial charge in [0.05, 0.1) is 108 Å². The van der Waals surface area contributed by atoms with Gasteiger partial charge in [0.1, 0.15) is 53.5 Å². The normalized spacial score (nSPS) is 27.9. The number of fused-ring (bicyclic) bond motifs is 5. The molecule has 9 rings (SSSR count). The molecule has 15 atom stereocenters. The van der Waals surface area contributed by atoms with E-state index in [0.29, 0.717) is 184 Å². The zero-order valence-electron chi connectivity index (χ0n) is 68.3. The number of aryl methyl sites for hydroxylation is 2. The predicted molar refractivity (Wildman–Crippen MR) is 429 cm³/mol. The summed E-state index contributed by atoms with van der Waals surface area (Å²) in [7, 11) is 1.55. The van der Waals surface area contributed by atoms with Gasteiger partial charge in [-0.1, -0.05) is 69.4 Å². The number of Topliss-reactive ketones (excluding diaryl/α,β-unsaturated/α-hetero) is 3. The zero-order chi connectivity index (χ0) is 83.3. The van der Waals surface area contributed by atoms with E-state index >= 15 is 0 Å². The molecule has 1 aliphatic carbocycles. The Morgan fingerprint density at radius 2 is 1.52 bits per heavy atom. The van der Waals surface area contributed by atoms with Crippen LogP contribution in [-0.4, -0.2) is 254 Å². The summed E-state index contributed by atoms with van der Waals surface area (Å²) in [6.07, 6.45) is 14.9. The first kappa shape index (κ1) is 91.7. The number of benzene rings is 1. The van der Waals surface area contributed by atoms with Crippen molar-refractivity contribution in [3.05, 3.63) is 84.0 Å². The molecule has 2 saturated heterocycles. The van der Waals surface area contributed by atoms with Gasteiger partial charge in [-0.15, -0.1) is 5.10 Å². The first-order valence-corrected chi connectivity index (χ1v) is 41.2. The van der Waals surface area contributed by atoms with E-state index < -0.39 is 108 Å². The Morgan fingerprint density at radius 3 is 2.25 bits per heavy atom. The van der Waals surface area contributed by atoms with Crippen molar-refractivity contribution in [3.63, 3.8) is 0 Å². The van der Waals surface area contributed by atoms with Crippen LogP contribution in [0.25, 0.3) is 33.4 Å². The fraction of sp³-hybridized carbons (Fsp3) is 0.663. The number of oxazole rings is 1. The minimum Gasteiger partial charge on any atom is -0.459 e. The van der Waals surface area contributed by atoms with E-state index in [-0.39, 0.29) is 74.6 Å². The molecule has 640 valence electrons. The van der Waals surface area contributed by atoms with Gasteiger partial charge in [-0.05, 0) is 151 Å². The van der Waals surface area contributed by atoms with E-state index in [1.165, 1.54) is 19.3 Å². The molecule has 0 radical (unpaired) electrons. The number of carbonyl (C=O) groups is 6. The summed E-state index contributed by atoms with van der Waals surface area (Å²) in [5.74, 6) is -8.95. The second-order valence-corrected chi connectivity index (χ2v) is 31.3. The first-order chi connectivity index (χ1) is 55.8. The van der Waals surface area contributed by atoms with Gasteiger partial charge in [0.15, 0.2) is 17.0 Å². The molecule has 5 aromatic rings. The van der Waals surface area contributed by atoms with Crippen LogP contribution in [-0.2, 0) is 90.9 Å². The number of hydrogen-bond donors (Lipinski definition) is 8. The molecule has 33 heteroatoms. The summed E-state index contributed by atoms with van der Waals surface area (Å²) < 4.78 is 61.6. The monoisotopic (exact) mass is 1620 g/mol. The smallest absolute Gasteiger partial charge is 0.329 e. The van der Waals surface area contributed by atoms with Crippen molar-refractivity contribution >= 4 is 69.1 Å². The van der Waals surface area contributed by atoms with E-state index in [2.05, 4.69) is 30.6 Å². The molecule has 11 N–H and O–H groups in total. The minimum absolute atomic E-state index is 0.0113. The molecule has 33 nitrogen and oxygen atoms in total. The van der Waals surface area contributed by atoms with Crippen LogP contribution in [0.4, 0.5) is 11.8 Å². The van der Waals surface area contributed by atoms with Gasteiger partial charge in [0.2, 0.25) is 11.7 Å². The molecule has 4 aliphatic rings. The highest BCUT2D eigenvalue weighted by atomic mass is 16.6. The Kier molecular flexibility index (Phi) is 36.6. The van der Waals surface area contributed by atoms with Crippen molar-refractivity contribution in [2.45, 2.75) is 231 Å². The average Bonchev–Trinajstić information content (AvgIpc) is 1.54. The SMILES string of the molecule is CO[C@H]1C[C@@H]2CC[C@@H](C)[C@@](O)(O2)C(=O)C(=O)N2CCCC[C@H]2C(=O)O[C@H]([C@H](N)C[C@@H]2CC[C@@H](OCCCCc3cn(CCOCCOCCOCCOCCOCCC(=O)NCCCCn4nc(-c5ccc6oc(N)nc6c5)c5c(N)ncnc54)nn3)[C@H](O)C2)CC(=O)[C@H](C)/C=C(\C)[C@@H](O)[C@@H](O)C(=O)[C@H](C)C[C@H](C)/C=C/C=C/C=C/1C. The lowest BCUT2D eigenvalue weighted by atomic mass is 9.80. The van der Waals surface area contributed by atoms with Crippen molar-refractivity contribution in [3.8, 4) is 11.3 Å². The summed E-state index contributed by atoms with van der Waals surface area (Å²) >= 11 is 0. The molecule has 2 bridgehead atoms. The third-order valence-electron chi connectivity index (χ3n) is 22.2. The number of allylic oxidation sites excluding steroid dienone is 6. The topological polar surface area (TPSA) is 460 Å².